The minimum atomic E-state index is -7.99. The number of rotatable bonds is 30. The van der Waals surface area contributed by atoms with Gasteiger partial charge >= 0.3 is 95.5 Å². The fourth-order valence-electron chi connectivity index (χ4n) is 8.86. The molecular formula is C66H44F26O10. The first kappa shape index (κ1) is 79.5. The zero-order valence-electron chi connectivity index (χ0n) is 50.7. The van der Waals surface area contributed by atoms with E-state index >= 15 is 0 Å². The van der Waals surface area contributed by atoms with Gasteiger partial charge in [0.05, 0.1) is 35.5 Å². The topological polar surface area (TPSA) is 124 Å². The zero-order valence-corrected chi connectivity index (χ0v) is 50.7. The van der Waals surface area contributed by atoms with Crippen molar-refractivity contribution >= 4 is 23.9 Å². The van der Waals surface area contributed by atoms with Crippen LogP contribution >= 0.6 is 0 Å². The molecule has 7 rings (SSSR count). The summed E-state index contributed by atoms with van der Waals surface area (Å²) in [7, 11) is 0. The minimum absolute atomic E-state index is 0.0274. The molecule has 0 aliphatic rings. The number of carbonyl (C=O) groups is 4. The lowest BCUT2D eigenvalue weighted by Gasteiger charge is -2.39. The van der Waals surface area contributed by atoms with Crippen molar-refractivity contribution in [3.8, 4) is 56.8 Å². The third-order valence-corrected chi connectivity index (χ3v) is 14.7. The number of alkyl halides is 26. The van der Waals surface area contributed by atoms with Crippen LogP contribution < -0.4 is 28.4 Å². The molecular weight excluding hydrogens is 1450 g/mol. The highest BCUT2D eigenvalue weighted by Crippen LogP contribution is 2.63. The summed E-state index contributed by atoms with van der Waals surface area (Å²) >= 11 is 0. The Bertz CT molecular complexity index is 3790. The fraction of sp³-hybridized carbons (Fsp3) is 0.303. The van der Waals surface area contributed by atoms with Gasteiger partial charge in [-0.25, -0.2) is 19.2 Å². The number of hydrogen-bond acceptors (Lipinski definition) is 10. The van der Waals surface area contributed by atoms with E-state index in [0.29, 0.717) is 11.1 Å². The maximum atomic E-state index is 14.1. The molecule has 0 saturated carbocycles. The molecule has 550 valence electrons. The summed E-state index contributed by atoms with van der Waals surface area (Å²) in [6.45, 7) is -1.27. The average molecular weight is 1490 g/mol. The second-order valence-electron chi connectivity index (χ2n) is 21.9. The van der Waals surface area contributed by atoms with Gasteiger partial charge in [0, 0.05) is 12.8 Å². The molecule has 0 N–H and O–H groups in total. The molecule has 0 atom stereocenters. The van der Waals surface area contributed by atoms with E-state index in [0.717, 1.165) is 59.7 Å². The normalized spacial score (nSPS) is 13.3. The maximum Gasteiger partial charge on any atom is 0.460 e. The van der Waals surface area contributed by atoms with Gasteiger partial charge in [0.1, 0.15) is 34.5 Å². The lowest BCUT2D eigenvalue weighted by atomic mass is 9.92. The molecule has 0 amide bonds. The lowest BCUT2D eigenvalue weighted by Crippen LogP contribution is -2.70. The highest BCUT2D eigenvalue weighted by atomic mass is 19.4. The van der Waals surface area contributed by atoms with Gasteiger partial charge in [-0.05, 0) is 175 Å². The molecule has 0 radical (unpaired) electrons. The van der Waals surface area contributed by atoms with Gasteiger partial charge in [0.25, 0.3) is 0 Å². The summed E-state index contributed by atoms with van der Waals surface area (Å²) in [4.78, 5) is 51.6. The molecule has 0 aromatic heterocycles. The second kappa shape index (κ2) is 29.6. The molecule has 36 heteroatoms. The third-order valence-electron chi connectivity index (χ3n) is 14.7. The number of carbonyl (C=O) groups excluding carboxylic acids is 4. The predicted molar refractivity (Wildman–Crippen MR) is 303 cm³/mol. The molecule has 0 heterocycles. The molecule has 10 nitrogen and oxygen atoms in total. The van der Waals surface area contributed by atoms with E-state index in [9.17, 15) is 133 Å². The monoisotopic (exact) mass is 1490 g/mol. The summed E-state index contributed by atoms with van der Waals surface area (Å²) in [5, 5.41) is 0. The van der Waals surface area contributed by atoms with Crippen LogP contribution in [0.3, 0.4) is 0 Å². The van der Waals surface area contributed by atoms with Crippen molar-refractivity contribution in [1.29, 1.82) is 0 Å². The van der Waals surface area contributed by atoms with Gasteiger partial charge in [0.15, 0.2) is 0 Å². The minimum Gasteiger partial charge on any atom is -0.494 e. The van der Waals surface area contributed by atoms with E-state index in [1.807, 2.05) is 18.2 Å². The first-order chi connectivity index (χ1) is 47.0. The summed E-state index contributed by atoms with van der Waals surface area (Å²) in [5.74, 6) is -78.1. The van der Waals surface area contributed by atoms with Gasteiger partial charge in [0.2, 0.25) is 0 Å². The molecule has 0 fully saturated rings. The molecule has 7 aromatic rings. The molecule has 0 bridgehead atoms. The van der Waals surface area contributed by atoms with Crippen LogP contribution in [0.4, 0.5) is 114 Å². The van der Waals surface area contributed by atoms with Crippen LogP contribution in [0.2, 0.25) is 0 Å². The van der Waals surface area contributed by atoms with Crippen molar-refractivity contribution in [3.63, 3.8) is 0 Å². The lowest BCUT2D eigenvalue weighted by molar-refractivity contribution is -0.440. The standard InChI is InChI=1S/C66H44F26O10/c67-55(68,57(71,72)59(75,76)61(79,80)63(83,84)65(87,88)89)32-1-3-34-97-45-20-12-39(13-21-45)51(93)101-49-28-16-41(17-29-49)53(95)99-47-24-8-37(9-25-47)43-6-5-7-44(36-43)38-10-26-48(27-11-38)100-54(96)42-18-30-50(31-19-42)102-52(94)40-14-22-46(23-15-40)98-35-4-2-33-56(69,70)58(73,74)60(77,78)62(81,82)64(85,86)66(90,91)92/h5-31,36H,1-4,32-35H2. The van der Waals surface area contributed by atoms with Crippen LogP contribution in [0, 0.1) is 0 Å². The Kier molecular flexibility index (Phi) is 23.1. The van der Waals surface area contributed by atoms with Gasteiger partial charge in [-0.3, -0.25) is 0 Å². The summed E-state index contributed by atoms with van der Waals surface area (Å²) in [6, 6.07) is 39.3. The fourth-order valence-corrected chi connectivity index (χ4v) is 8.86. The van der Waals surface area contributed by atoms with Crippen LogP contribution in [-0.2, 0) is 0 Å². The summed E-state index contributed by atoms with van der Waals surface area (Å²) in [6.07, 6.45) is -23.6. The maximum absolute atomic E-state index is 14.1. The van der Waals surface area contributed by atoms with Gasteiger partial charge in [-0.15, -0.1) is 0 Å². The number of unbranched alkanes of at least 4 members (excludes halogenated alkanes) is 2. The Balaban J connectivity index is 0.813. The van der Waals surface area contributed by atoms with Gasteiger partial charge < -0.3 is 28.4 Å². The number of benzene rings is 7. The number of halogens is 26. The molecule has 0 aliphatic carbocycles. The van der Waals surface area contributed by atoms with E-state index in [1.54, 1.807) is 30.3 Å². The Labute approximate surface area is 556 Å². The average Bonchev–Trinajstić information content (AvgIpc) is 0.717. The Hall–Kier alpha value is -9.80. The zero-order chi connectivity index (χ0) is 76.1. The highest BCUT2D eigenvalue weighted by molar-refractivity contribution is 5.94. The van der Waals surface area contributed by atoms with E-state index in [1.165, 1.54) is 72.8 Å². The van der Waals surface area contributed by atoms with Crippen molar-refractivity contribution in [3.05, 3.63) is 192 Å². The number of ether oxygens (including phenoxy) is 6. The highest BCUT2D eigenvalue weighted by Gasteiger charge is 2.92. The first-order valence-corrected chi connectivity index (χ1v) is 28.8. The van der Waals surface area contributed by atoms with Gasteiger partial charge in [-0.2, -0.15) is 114 Å². The Morgan fingerprint density at radius 2 is 0.471 bits per heavy atom. The number of hydrogen-bond donors (Lipinski definition) is 0. The van der Waals surface area contributed by atoms with Crippen molar-refractivity contribution in [2.24, 2.45) is 0 Å². The molecule has 0 unspecified atom stereocenters. The van der Waals surface area contributed by atoms with Crippen molar-refractivity contribution < 1.29 is 162 Å². The third kappa shape index (κ3) is 16.6. The van der Waals surface area contributed by atoms with Crippen molar-refractivity contribution in [1.82, 2.24) is 0 Å². The van der Waals surface area contributed by atoms with E-state index in [4.69, 9.17) is 28.4 Å². The molecule has 0 saturated heterocycles. The molecule has 102 heavy (non-hydrogen) atoms. The summed E-state index contributed by atoms with van der Waals surface area (Å²) < 4.78 is 379. The van der Waals surface area contributed by atoms with Gasteiger partial charge in [-0.1, -0.05) is 42.5 Å². The van der Waals surface area contributed by atoms with Crippen molar-refractivity contribution in [2.75, 3.05) is 13.2 Å². The molecule has 0 aliphatic heterocycles. The van der Waals surface area contributed by atoms with E-state index in [2.05, 4.69) is 0 Å². The second-order valence-corrected chi connectivity index (χ2v) is 21.9. The van der Waals surface area contributed by atoms with Crippen LogP contribution in [0.1, 0.15) is 80.0 Å². The quantitative estimate of drug-likeness (QED) is 0.0186. The smallest absolute Gasteiger partial charge is 0.460 e. The molecule has 0 spiro atoms. The van der Waals surface area contributed by atoms with E-state index in [-0.39, 0.29) is 56.8 Å². The molecule has 7 aromatic carbocycles. The van der Waals surface area contributed by atoms with Crippen molar-refractivity contribution in [2.45, 2.75) is 110 Å². The van der Waals surface area contributed by atoms with Crippen LogP contribution in [-0.4, -0.2) is 109 Å². The first-order valence-electron chi connectivity index (χ1n) is 28.8. The van der Waals surface area contributed by atoms with Crippen LogP contribution in [0.25, 0.3) is 22.3 Å². The van der Waals surface area contributed by atoms with Crippen LogP contribution in [0.5, 0.6) is 34.5 Å². The van der Waals surface area contributed by atoms with E-state index < -0.39 is 147 Å². The largest absolute Gasteiger partial charge is 0.494 e. The Morgan fingerprint density at radius 3 is 0.716 bits per heavy atom. The Morgan fingerprint density at radius 1 is 0.245 bits per heavy atom. The predicted octanol–water partition coefficient (Wildman–Crippen LogP) is 20.5. The summed E-state index contributed by atoms with van der Waals surface area (Å²) in [5.41, 5.74) is 2.74. The number of esters is 4. The SMILES string of the molecule is O=C(Oc1ccc(C(=O)Oc2ccc(-c3cccc(-c4ccc(OC(=O)c5ccc(OC(=O)c6ccc(OCCCCC(F)(F)C(F)(F)C(F)(F)C(F)(F)C(F)(F)C(F)(F)F)cc6)cc5)cc4)c3)cc2)cc1)c1ccc(OCCCCC(F)(F)C(F)(F)C(F)(F)C(F)(F)C(F)(F)C(F)(F)F)cc1. The van der Waals surface area contributed by atoms with Crippen LogP contribution in [0.15, 0.2) is 170 Å².